The van der Waals surface area contributed by atoms with Gasteiger partial charge < -0.3 is 15.2 Å². The molecule has 0 saturated carbocycles. The Morgan fingerprint density at radius 3 is 2.80 bits per heavy atom. The molecule has 0 aliphatic rings. The predicted molar refractivity (Wildman–Crippen MR) is 61.6 cm³/mol. The van der Waals surface area contributed by atoms with Crippen molar-refractivity contribution in [2.45, 2.75) is 6.54 Å². The summed E-state index contributed by atoms with van der Waals surface area (Å²) in [4.78, 5) is 0. The van der Waals surface area contributed by atoms with Crippen LogP contribution in [-0.2, 0) is 6.54 Å². The number of hydrogen-bond acceptors (Lipinski definition) is 3. The van der Waals surface area contributed by atoms with Crippen LogP contribution < -0.4 is 15.2 Å². The first-order valence-electron chi connectivity index (χ1n) is 4.53. The van der Waals surface area contributed by atoms with E-state index in [4.69, 9.17) is 26.8 Å². The van der Waals surface area contributed by atoms with E-state index in [0.29, 0.717) is 29.7 Å². The van der Waals surface area contributed by atoms with E-state index in [1.807, 2.05) is 0 Å². The second kappa shape index (κ2) is 5.63. The Morgan fingerprint density at radius 2 is 2.27 bits per heavy atom. The van der Waals surface area contributed by atoms with Crippen LogP contribution in [0.25, 0.3) is 0 Å². The van der Waals surface area contributed by atoms with E-state index in [-0.39, 0.29) is 0 Å². The largest absolute Gasteiger partial charge is 0.493 e. The summed E-state index contributed by atoms with van der Waals surface area (Å²) < 4.78 is 10.6. The maximum absolute atomic E-state index is 5.90. The smallest absolute Gasteiger partial charge is 0.166 e. The molecule has 0 saturated heterocycles. The number of benzene rings is 1. The average molecular weight is 228 g/mol. The van der Waals surface area contributed by atoms with Crippen molar-refractivity contribution in [3.05, 3.63) is 35.4 Å². The molecule has 0 atom stereocenters. The molecule has 0 radical (unpaired) electrons. The maximum atomic E-state index is 5.90. The molecule has 0 aliphatic carbocycles. The van der Waals surface area contributed by atoms with Crippen molar-refractivity contribution in [1.82, 2.24) is 0 Å². The lowest BCUT2D eigenvalue weighted by Gasteiger charge is -2.13. The molecule has 0 unspecified atom stereocenters. The molecule has 0 amide bonds. The summed E-state index contributed by atoms with van der Waals surface area (Å²) in [6.07, 6.45) is 1.66. The Kier molecular flexibility index (Phi) is 4.46. The van der Waals surface area contributed by atoms with E-state index in [1.165, 1.54) is 0 Å². The van der Waals surface area contributed by atoms with E-state index in [0.717, 1.165) is 5.56 Å². The maximum Gasteiger partial charge on any atom is 0.166 e. The van der Waals surface area contributed by atoms with Gasteiger partial charge in [-0.25, -0.2) is 0 Å². The average Bonchev–Trinajstić information content (AvgIpc) is 2.26. The highest BCUT2D eigenvalue weighted by Crippen LogP contribution is 2.34. The minimum Gasteiger partial charge on any atom is -0.493 e. The summed E-state index contributed by atoms with van der Waals surface area (Å²) in [6, 6.07) is 3.46. The zero-order valence-electron chi connectivity index (χ0n) is 8.63. The van der Waals surface area contributed by atoms with Crippen LogP contribution in [0.4, 0.5) is 0 Å². The first kappa shape index (κ1) is 11.9. The quantitative estimate of drug-likeness (QED) is 0.786. The van der Waals surface area contributed by atoms with Crippen molar-refractivity contribution in [2.75, 3.05) is 13.7 Å². The molecule has 4 heteroatoms. The lowest BCUT2D eigenvalue weighted by Crippen LogP contribution is -2.04. The van der Waals surface area contributed by atoms with Crippen molar-refractivity contribution >= 4 is 11.6 Å². The lowest BCUT2D eigenvalue weighted by atomic mass is 10.2. The number of hydrogen-bond donors (Lipinski definition) is 1. The fraction of sp³-hybridized carbons (Fsp3) is 0.273. The molecular formula is C11H14ClNO2. The Hall–Kier alpha value is -1.19. The standard InChI is InChI=1S/C11H14ClNO2/c1-3-4-15-11-8(7-13)5-9(12)6-10(11)14-2/h3,5-6H,1,4,7,13H2,2H3. The molecule has 1 aromatic carbocycles. The monoisotopic (exact) mass is 227 g/mol. The molecule has 1 rings (SSSR count). The van der Waals surface area contributed by atoms with Gasteiger partial charge in [-0.2, -0.15) is 0 Å². The van der Waals surface area contributed by atoms with Gasteiger partial charge in [-0.15, -0.1) is 0 Å². The van der Waals surface area contributed by atoms with E-state index in [2.05, 4.69) is 6.58 Å². The number of halogens is 1. The van der Waals surface area contributed by atoms with Gasteiger partial charge in [-0.1, -0.05) is 24.3 Å². The molecule has 0 fully saturated rings. The summed E-state index contributed by atoms with van der Waals surface area (Å²) in [6.45, 7) is 4.34. The third-order valence-electron chi connectivity index (χ3n) is 1.88. The molecule has 0 bridgehead atoms. The first-order chi connectivity index (χ1) is 7.22. The van der Waals surface area contributed by atoms with Crippen molar-refractivity contribution in [1.29, 1.82) is 0 Å². The van der Waals surface area contributed by atoms with E-state index in [9.17, 15) is 0 Å². The van der Waals surface area contributed by atoms with E-state index >= 15 is 0 Å². The minimum atomic E-state index is 0.351. The van der Waals surface area contributed by atoms with Gasteiger partial charge in [0.1, 0.15) is 6.61 Å². The zero-order valence-corrected chi connectivity index (χ0v) is 9.38. The van der Waals surface area contributed by atoms with Gasteiger partial charge in [-0.05, 0) is 6.07 Å². The Bertz CT molecular complexity index is 327. The van der Waals surface area contributed by atoms with Gasteiger partial charge >= 0.3 is 0 Å². The number of rotatable bonds is 5. The fourth-order valence-corrected chi connectivity index (χ4v) is 1.46. The molecule has 0 aromatic heterocycles. The summed E-state index contributed by atoms with van der Waals surface area (Å²) in [5.74, 6) is 1.22. The molecule has 0 heterocycles. The zero-order chi connectivity index (χ0) is 11.3. The fourth-order valence-electron chi connectivity index (χ4n) is 1.23. The van der Waals surface area contributed by atoms with Crippen LogP contribution in [-0.4, -0.2) is 13.7 Å². The van der Waals surface area contributed by atoms with Crippen LogP contribution in [0.15, 0.2) is 24.8 Å². The molecule has 15 heavy (non-hydrogen) atoms. The van der Waals surface area contributed by atoms with E-state index in [1.54, 1.807) is 25.3 Å². The topological polar surface area (TPSA) is 44.5 Å². The number of nitrogens with two attached hydrogens (primary N) is 1. The van der Waals surface area contributed by atoms with Gasteiger partial charge in [0.2, 0.25) is 0 Å². The van der Waals surface area contributed by atoms with Crippen LogP contribution in [0.3, 0.4) is 0 Å². The van der Waals surface area contributed by atoms with Crippen molar-refractivity contribution < 1.29 is 9.47 Å². The highest BCUT2D eigenvalue weighted by Gasteiger charge is 2.11. The third-order valence-corrected chi connectivity index (χ3v) is 2.10. The van der Waals surface area contributed by atoms with Crippen LogP contribution in [0.1, 0.15) is 5.56 Å². The first-order valence-corrected chi connectivity index (χ1v) is 4.91. The molecule has 1 aromatic rings. The van der Waals surface area contributed by atoms with Crippen LogP contribution >= 0.6 is 11.6 Å². The van der Waals surface area contributed by atoms with Gasteiger partial charge in [0.05, 0.1) is 7.11 Å². The van der Waals surface area contributed by atoms with Gasteiger partial charge in [-0.3, -0.25) is 0 Å². The summed E-state index contributed by atoms with van der Waals surface area (Å²) in [5.41, 5.74) is 6.42. The molecular weight excluding hydrogens is 214 g/mol. The molecule has 0 aliphatic heterocycles. The Balaban J connectivity index is 3.11. The predicted octanol–water partition coefficient (Wildman–Crippen LogP) is 2.37. The van der Waals surface area contributed by atoms with E-state index < -0.39 is 0 Å². The molecule has 2 N–H and O–H groups in total. The third kappa shape index (κ3) is 2.88. The summed E-state index contributed by atoms with van der Waals surface area (Å²) in [5, 5.41) is 0.582. The second-order valence-electron chi connectivity index (χ2n) is 2.90. The van der Waals surface area contributed by atoms with Crippen molar-refractivity contribution in [3.8, 4) is 11.5 Å². The summed E-state index contributed by atoms with van der Waals surface area (Å²) >= 11 is 5.90. The summed E-state index contributed by atoms with van der Waals surface area (Å²) in [7, 11) is 1.56. The number of methoxy groups -OCH3 is 1. The Morgan fingerprint density at radius 1 is 1.53 bits per heavy atom. The van der Waals surface area contributed by atoms with Gasteiger partial charge in [0.15, 0.2) is 11.5 Å². The van der Waals surface area contributed by atoms with Gasteiger partial charge in [0.25, 0.3) is 0 Å². The van der Waals surface area contributed by atoms with Crippen molar-refractivity contribution in [3.63, 3.8) is 0 Å². The second-order valence-corrected chi connectivity index (χ2v) is 3.34. The number of ether oxygens (including phenoxy) is 2. The molecule has 82 valence electrons. The Labute approximate surface area is 94.4 Å². The highest BCUT2D eigenvalue weighted by molar-refractivity contribution is 6.30. The molecule has 3 nitrogen and oxygen atoms in total. The molecule has 0 spiro atoms. The highest BCUT2D eigenvalue weighted by atomic mass is 35.5. The lowest BCUT2D eigenvalue weighted by molar-refractivity contribution is 0.323. The van der Waals surface area contributed by atoms with Crippen molar-refractivity contribution in [2.24, 2.45) is 5.73 Å². The van der Waals surface area contributed by atoms with Crippen LogP contribution in [0.5, 0.6) is 11.5 Å². The minimum absolute atomic E-state index is 0.351. The van der Waals surface area contributed by atoms with Crippen LogP contribution in [0, 0.1) is 0 Å². The normalized spacial score (nSPS) is 9.80. The SMILES string of the molecule is C=CCOc1c(CN)cc(Cl)cc1OC. The van der Waals surface area contributed by atoms with Crippen LogP contribution in [0.2, 0.25) is 5.02 Å². The van der Waals surface area contributed by atoms with Gasteiger partial charge in [0, 0.05) is 23.2 Å².